The highest BCUT2D eigenvalue weighted by Gasteiger charge is 2.57. The molecule has 0 aliphatic carbocycles. The van der Waals surface area contributed by atoms with Crippen LogP contribution < -0.4 is 0 Å². The van der Waals surface area contributed by atoms with Gasteiger partial charge in [0.15, 0.2) is 6.10 Å². The molecule has 0 spiro atoms. The summed E-state index contributed by atoms with van der Waals surface area (Å²) in [4.78, 5) is 9.74. The third-order valence-electron chi connectivity index (χ3n) is 7.75. The van der Waals surface area contributed by atoms with Gasteiger partial charge in [-0.15, -0.1) is 0 Å². The normalized spacial score (nSPS) is 21.5. The molecular formula is C38H42F2O7. The van der Waals surface area contributed by atoms with Gasteiger partial charge in [0, 0.05) is 0 Å². The molecule has 1 fully saturated rings. The van der Waals surface area contributed by atoms with Gasteiger partial charge in [-0.3, -0.25) is 0 Å². The molecule has 0 bridgehead atoms. The van der Waals surface area contributed by atoms with Crippen molar-refractivity contribution in [2.24, 2.45) is 0 Å². The predicted octanol–water partition coefficient (Wildman–Crippen LogP) is 7.33. The minimum atomic E-state index is -3.52. The second-order valence-electron chi connectivity index (χ2n) is 11.3. The fourth-order valence-electron chi connectivity index (χ4n) is 5.41. The van der Waals surface area contributed by atoms with Crippen LogP contribution in [0.15, 0.2) is 121 Å². The van der Waals surface area contributed by atoms with E-state index in [1.54, 1.807) is 6.92 Å². The topological polar surface area (TPSA) is 64.6 Å². The van der Waals surface area contributed by atoms with Gasteiger partial charge >= 0.3 is 5.92 Å². The lowest BCUT2D eigenvalue weighted by Gasteiger charge is -2.48. The van der Waals surface area contributed by atoms with Gasteiger partial charge in [0.25, 0.3) is 0 Å². The van der Waals surface area contributed by atoms with Crippen molar-refractivity contribution in [2.75, 3.05) is 19.8 Å². The first-order valence-corrected chi connectivity index (χ1v) is 15.9. The van der Waals surface area contributed by atoms with Gasteiger partial charge in [-0.25, -0.2) is 18.6 Å². The van der Waals surface area contributed by atoms with Crippen LogP contribution in [0, 0.1) is 0 Å². The van der Waals surface area contributed by atoms with Crippen molar-refractivity contribution in [1.29, 1.82) is 0 Å². The molecule has 7 nitrogen and oxygen atoms in total. The highest BCUT2D eigenvalue weighted by Crippen LogP contribution is 2.38. The highest BCUT2D eigenvalue weighted by molar-refractivity contribution is 5.17. The number of alkyl halides is 2. The molecule has 250 valence electrons. The molecule has 0 N–H and O–H groups in total. The van der Waals surface area contributed by atoms with E-state index >= 15 is 8.78 Å². The van der Waals surface area contributed by atoms with Gasteiger partial charge in [0.05, 0.1) is 39.6 Å². The summed E-state index contributed by atoms with van der Waals surface area (Å²) in [7, 11) is 0. The molecule has 0 saturated carbocycles. The molecule has 1 saturated heterocycles. The monoisotopic (exact) mass is 648 g/mol. The third-order valence-corrected chi connectivity index (χ3v) is 7.75. The highest BCUT2D eigenvalue weighted by atomic mass is 19.3. The van der Waals surface area contributed by atoms with Crippen molar-refractivity contribution in [1.82, 2.24) is 0 Å². The summed E-state index contributed by atoms with van der Waals surface area (Å²) in [6, 6.07) is 38.2. The van der Waals surface area contributed by atoms with Crippen LogP contribution >= 0.6 is 0 Å². The second kappa shape index (κ2) is 18.1. The molecule has 1 aliphatic rings. The average Bonchev–Trinajstić information content (AvgIpc) is 3.11. The Bertz CT molecular complexity index is 1410. The van der Waals surface area contributed by atoms with Crippen LogP contribution in [0.25, 0.3) is 0 Å². The number of benzene rings is 4. The molecule has 5 atom stereocenters. The standard InChI is InChI=1S/C38H42F2O7/c1-2-45-46-28-38(39,40)37-36(44-26-32-21-13-6-14-22-32)35(43-25-31-19-11-5-12-20-31)34(42-24-30-17-9-4-10-18-30)33(47-37)27-41-23-29-15-7-3-8-16-29/h3-22,33-37H,2,23-28H2,1H3/t33-,34-,35+,36-,37-/m1/s1. The van der Waals surface area contributed by atoms with Gasteiger partial charge in [0.2, 0.25) is 0 Å². The van der Waals surface area contributed by atoms with E-state index in [0.717, 1.165) is 22.3 Å². The van der Waals surface area contributed by atoms with Crippen molar-refractivity contribution < 1.29 is 42.2 Å². The lowest BCUT2D eigenvalue weighted by Crippen LogP contribution is -2.66. The van der Waals surface area contributed by atoms with E-state index in [1.165, 1.54) is 0 Å². The molecular weight excluding hydrogens is 606 g/mol. The van der Waals surface area contributed by atoms with Gasteiger partial charge in [-0.05, 0) is 29.2 Å². The Kier molecular flexibility index (Phi) is 13.4. The van der Waals surface area contributed by atoms with Crippen molar-refractivity contribution >= 4 is 0 Å². The van der Waals surface area contributed by atoms with Crippen molar-refractivity contribution in [3.05, 3.63) is 144 Å². The maximum Gasteiger partial charge on any atom is 0.302 e. The summed E-state index contributed by atoms with van der Waals surface area (Å²) in [6.07, 6.45) is -5.73. The van der Waals surface area contributed by atoms with E-state index in [2.05, 4.69) is 0 Å². The Balaban J connectivity index is 1.47. The summed E-state index contributed by atoms with van der Waals surface area (Å²) >= 11 is 0. The minimum absolute atomic E-state index is 0.0240. The molecule has 1 aliphatic heterocycles. The minimum Gasteiger partial charge on any atom is -0.374 e. The number of rotatable bonds is 18. The second-order valence-corrected chi connectivity index (χ2v) is 11.3. The predicted molar refractivity (Wildman–Crippen MR) is 172 cm³/mol. The average molecular weight is 649 g/mol. The van der Waals surface area contributed by atoms with Gasteiger partial charge in [-0.2, -0.15) is 0 Å². The summed E-state index contributed by atoms with van der Waals surface area (Å²) in [5, 5.41) is 0. The quantitative estimate of drug-likeness (QED) is 0.0636. The van der Waals surface area contributed by atoms with Crippen LogP contribution in [0.1, 0.15) is 29.2 Å². The van der Waals surface area contributed by atoms with Gasteiger partial charge < -0.3 is 23.7 Å². The van der Waals surface area contributed by atoms with Crippen LogP contribution in [-0.2, 0) is 59.9 Å². The fourth-order valence-corrected chi connectivity index (χ4v) is 5.41. The van der Waals surface area contributed by atoms with Crippen LogP contribution in [-0.4, -0.2) is 56.3 Å². The Morgan fingerprint density at radius 2 is 0.979 bits per heavy atom. The van der Waals surface area contributed by atoms with E-state index in [1.807, 2.05) is 121 Å². The Hall–Kier alpha value is -3.54. The number of halogens is 2. The SMILES string of the molecule is CCOOCC(F)(F)[C@@H]1O[C@H](COCc2ccccc2)[C@@H](OCc2ccccc2)[C@H](OCc2ccccc2)[C@H]1OCc1ccccc1. The van der Waals surface area contributed by atoms with Crippen molar-refractivity contribution in [2.45, 2.75) is 69.8 Å². The lowest BCUT2D eigenvalue weighted by molar-refractivity contribution is -0.356. The molecule has 0 radical (unpaired) electrons. The van der Waals surface area contributed by atoms with Crippen LogP contribution in [0.2, 0.25) is 0 Å². The van der Waals surface area contributed by atoms with Crippen LogP contribution in [0.5, 0.6) is 0 Å². The van der Waals surface area contributed by atoms with Crippen molar-refractivity contribution in [3.63, 3.8) is 0 Å². The molecule has 4 aromatic carbocycles. The molecule has 4 aromatic rings. The molecule has 5 rings (SSSR count). The Morgan fingerprint density at radius 1 is 0.553 bits per heavy atom. The summed E-state index contributed by atoms with van der Waals surface area (Å²) in [5.41, 5.74) is 3.55. The maximum absolute atomic E-state index is 16.1. The number of hydrogen-bond acceptors (Lipinski definition) is 7. The van der Waals surface area contributed by atoms with Gasteiger partial charge in [0.1, 0.15) is 31.0 Å². The third kappa shape index (κ3) is 10.5. The zero-order chi connectivity index (χ0) is 32.7. The molecule has 9 heteroatoms. The molecule has 0 amide bonds. The van der Waals surface area contributed by atoms with Crippen LogP contribution in [0.4, 0.5) is 8.78 Å². The van der Waals surface area contributed by atoms with E-state index in [-0.39, 0.29) is 39.6 Å². The summed E-state index contributed by atoms with van der Waals surface area (Å²) < 4.78 is 64.0. The van der Waals surface area contributed by atoms with Gasteiger partial charge in [-0.1, -0.05) is 121 Å². The van der Waals surface area contributed by atoms with E-state index in [4.69, 9.17) is 33.5 Å². The van der Waals surface area contributed by atoms with E-state index in [9.17, 15) is 0 Å². The summed E-state index contributed by atoms with van der Waals surface area (Å²) in [5.74, 6) is -3.52. The largest absolute Gasteiger partial charge is 0.374 e. The van der Waals surface area contributed by atoms with Crippen molar-refractivity contribution in [3.8, 4) is 0 Å². The maximum atomic E-state index is 16.1. The zero-order valence-electron chi connectivity index (χ0n) is 26.5. The Labute approximate surface area is 275 Å². The van der Waals surface area contributed by atoms with Crippen LogP contribution in [0.3, 0.4) is 0 Å². The number of ether oxygens (including phenoxy) is 5. The smallest absolute Gasteiger partial charge is 0.302 e. The first-order chi connectivity index (χ1) is 23.0. The molecule has 0 unspecified atom stereocenters. The first-order valence-electron chi connectivity index (χ1n) is 15.9. The number of hydrogen-bond donors (Lipinski definition) is 0. The summed E-state index contributed by atoms with van der Waals surface area (Å²) in [6.45, 7) is 1.39. The fraction of sp³-hybridized carbons (Fsp3) is 0.368. The first kappa shape index (κ1) is 34.8. The lowest BCUT2D eigenvalue weighted by atomic mass is 9.91. The molecule has 47 heavy (non-hydrogen) atoms. The van der Waals surface area contributed by atoms with E-state index in [0.29, 0.717) is 0 Å². The zero-order valence-corrected chi connectivity index (χ0v) is 26.5. The molecule has 1 heterocycles. The molecule has 0 aromatic heterocycles. The van der Waals surface area contributed by atoms with E-state index < -0.39 is 43.0 Å². The Morgan fingerprint density at radius 3 is 1.45 bits per heavy atom.